The third kappa shape index (κ3) is 42.0. The Morgan fingerprint density at radius 2 is 0.981 bits per heavy atom. The molecule has 0 saturated heterocycles. The summed E-state index contributed by atoms with van der Waals surface area (Å²) >= 11 is 0. The summed E-state index contributed by atoms with van der Waals surface area (Å²) < 4.78 is 35.0. The van der Waals surface area contributed by atoms with E-state index in [4.69, 9.17) is 18.5 Å². The number of allylic oxidation sites excluding steroid dienone is 4. The molecule has 2 atom stereocenters. The van der Waals surface area contributed by atoms with Gasteiger partial charge in [-0.1, -0.05) is 147 Å². The van der Waals surface area contributed by atoms with E-state index >= 15 is 0 Å². The molecule has 0 amide bonds. The Labute approximate surface area is 328 Å². The lowest BCUT2D eigenvalue weighted by Gasteiger charge is -2.24. The number of carbonyl (C=O) groups excluding carboxylic acids is 1. The summed E-state index contributed by atoms with van der Waals surface area (Å²) in [6.45, 7) is 5.60. The minimum atomic E-state index is -4.27. The Kier molecular flexibility index (Phi) is 37.2. The number of phosphoric acid groups is 1. The highest BCUT2D eigenvalue weighted by Crippen LogP contribution is 2.43. The second kappa shape index (κ2) is 37.9. The van der Waals surface area contributed by atoms with Crippen LogP contribution in [0.1, 0.15) is 194 Å². The van der Waals surface area contributed by atoms with Crippen LogP contribution in [0.4, 0.5) is 0 Å². The van der Waals surface area contributed by atoms with Gasteiger partial charge in [0.15, 0.2) is 0 Å². The highest BCUT2D eigenvalue weighted by Gasteiger charge is 2.26. The Bertz CT molecular complexity index is 905. The molecule has 0 radical (unpaired) electrons. The van der Waals surface area contributed by atoms with Gasteiger partial charge in [0.25, 0.3) is 0 Å². The normalized spacial score (nSPS) is 14.0. The number of likely N-dealkylation sites (N-methyl/N-ethyl adjacent to an activating group) is 1. The number of rotatable bonds is 41. The van der Waals surface area contributed by atoms with E-state index in [1.165, 1.54) is 128 Å². The standard InChI is InChI=1S/C44H86NO7P/c1-6-8-10-12-14-16-18-20-22-24-26-28-30-32-34-36-39-49-41-43(42-51-53(47,48)50-40-38-45(3,4)5)52-44(46)37-35-33-31-29-27-25-23-21-19-17-15-13-11-9-7-2/h20-23,43H,6-19,24-42H2,1-5H3/p+1/b22-20-,23-21-/t43-/m0/s1. The van der Waals surface area contributed by atoms with Crippen LogP contribution in [0.3, 0.4) is 0 Å². The van der Waals surface area contributed by atoms with Gasteiger partial charge in [-0.3, -0.25) is 13.8 Å². The Morgan fingerprint density at radius 1 is 0.566 bits per heavy atom. The molecule has 0 rings (SSSR count). The van der Waals surface area contributed by atoms with Gasteiger partial charge in [0.2, 0.25) is 0 Å². The minimum Gasteiger partial charge on any atom is -0.457 e. The van der Waals surface area contributed by atoms with Crippen LogP contribution in [-0.2, 0) is 27.9 Å². The predicted molar refractivity (Wildman–Crippen MR) is 224 cm³/mol. The van der Waals surface area contributed by atoms with Crippen LogP contribution in [0, 0.1) is 0 Å². The van der Waals surface area contributed by atoms with Crippen molar-refractivity contribution in [3.63, 3.8) is 0 Å². The molecule has 0 bridgehead atoms. The number of nitrogens with zero attached hydrogens (tertiary/aromatic N) is 1. The van der Waals surface area contributed by atoms with E-state index in [-0.39, 0.29) is 25.8 Å². The van der Waals surface area contributed by atoms with E-state index in [1.807, 2.05) is 21.1 Å². The van der Waals surface area contributed by atoms with Gasteiger partial charge in [-0.05, 0) is 64.2 Å². The molecular formula is C44H87NO7P+. The van der Waals surface area contributed by atoms with E-state index in [1.54, 1.807) is 0 Å². The molecule has 0 saturated carbocycles. The van der Waals surface area contributed by atoms with Gasteiger partial charge in [0, 0.05) is 13.0 Å². The Morgan fingerprint density at radius 3 is 1.43 bits per heavy atom. The zero-order valence-corrected chi connectivity index (χ0v) is 36.4. The van der Waals surface area contributed by atoms with Crippen molar-refractivity contribution in [3.8, 4) is 0 Å². The van der Waals surface area contributed by atoms with Crippen LogP contribution in [0.25, 0.3) is 0 Å². The fourth-order valence-electron chi connectivity index (χ4n) is 6.01. The molecule has 0 aromatic carbocycles. The molecule has 0 aromatic rings. The van der Waals surface area contributed by atoms with Gasteiger partial charge >= 0.3 is 13.8 Å². The van der Waals surface area contributed by atoms with Crippen molar-refractivity contribution in [2.24, 2.45) is 0 Å². The van der Waals surface area contributed by atoms with Gasteiger partial charge in [-0.15, -0.1) is 0 Å². The molecule has 314 valence electrons. The van der Waals surface area contributed by atoms with Crippen LogP contribution >= 0.6 is 7.82 Å². The molecule has 53 heavy (non-hydrogen) atoms. The number of carbonyl (C=O) groups is 1. The summed E-state index contributed by atoms with van der Waals surface area (Å²) in [5.41, 5.74) is 0. The van der Waals surface area contributed by atoms with Crippen molar-refractivity contribution in [1.82, 2.24) is 0 Å². The summed E-state index contributed by atoms with van der Waals surface area (Å²) in [4.78, 5) is 22.9. The lowest BCUT2D eigenvalue weighted by molar-refractivity contribution is -0.870. The first-order chi connectivity index (χ1) is 25.6. The molecular weight excluding hydrogens is 685 g/mol. The van der Waals surface area contributed by atoms with Crippen LogP contribution in [-0.4, -0.2) is 75.6 Å². The Hall–Kier alpha value is -1.02. The maximum absolute atomic E-state index is 12.7. The molecule has 0 aromatic heterocycles. The number of quaternary nitrogens is 1. The molecule has 0 spiro atoms. The third-order valence-corrected chi connectivity index (χ3v) is 10.5. The van der Waals surface area contributed by atoms with E-state index < -0.39 is 13.9 Å². The van der Waals surface area contributed by atoms with Crippen molar-refractivity contribution in [1.29, 1.82) is 0 Å². The monoisotopic (exact) mass is 773 g/mol. The topological polar surface area (TPSA) is 91.3 Å². The smallest absolute Gasteiger partial charge is 0.457 e. The van der Waals surface area contributed by atoms with Gasteiger partial charge < -0.3 is 18.9 Å². The maximum atomic E-state index is 12.7. The van der Waals surface area contributed by atoms with Crippen LogP contribution in [0.5, 0.6) is 0 Å². The third-order valence-electron chi connectivity index (χ3n) is 9.49. The zero-order chi connectivity index (χ0) is 39.1. The highest BCUT2D eigenvalue weighted by molar-refractivity contribution is 7.47. The molecule has 1 N–H and O–H groups in total. The molecule has 0 heterocycles. The average molecular weight is 773 g/mol. The minimum absolute atomic E-state index is 0.0870. The molecule has 1 unspecified atom stereocenters. The second-order valence-corrected chi connectivity index (χ2v) is 17.5. The molecule has 0 aliphatic rings. The molecule has 0 aliphatic carbocycles. The van der Waals surface area contributed by atoms with Crippen LogP contribution < -0.4 is 0 Å². The molecule has 0 aliphatic heterocycles. The van der Waals surface area contributed by atoms with Gasteiger partial charge in [-0.25, -0.2) is 4.57 Å². The first-order valence-corrected chi connectivity index (χ1v) is 23.6. The quantitative estimate of drug-likeness (QED) is 0.0217. The fourth-order valence-corrected chi connectivity index (χ4v) is 6.75. The van der Waals surface area contributed by atoms with Crippen molar-refractivity contribution >= 4 is 13.8 Å². The van der Waals surface area contributed by atoms with Crippen LogP contribution in [0.15, 0.2) is 24.3 Å². The van der Waals surface area contributed by atoms with Gasteiger partial charge in [-0.2, -0.15) is 0 Å². The predicted octanol–water partition coefficient (Wildman–Crippen LogP) is 12.8. The molecule has 0 fully saturated rings. The lowest BCUT2D eigenvalue weighted by atomic mass is 10.1. The van der Waals surface area contributed by atoms with E-state index in [0.717, 1.165) is 44.9 Å². The van der Waals surface area contributed by atoms with E-state index in [0.29, 0.717) is 24.1 Å². The first-order valence-electron chi connectivity index (χ1n) is 22.1. The van der Waals surface area contributed by atoms with E-state index in [9.17, 15) is 14.3 Å². The summed E-state index contributed by atoms with van der Waals surface area (Å²) in [6, 6.07) is 0. The lowest BCUT2D eigenvalue weighted by Crippen LogP contribution is -2.37. The molecule has 8 nitrogen and oxygen atoms in total. The fraction of sp³-hybridized carbons (Fsp3) is 0.886. The molecule has 9 heteroatoms. The highest BCUT2D eigenvalue weighted by atomic mass is 31.2. The number of phosphoric ester groups is 1. The summed E-state index contributed by atoms with van der Waals surface area (Å²) in [6.07, 6.45) is 42.0. The van der Waals surface area contributed by atoms with E-state index in [2.05, 4.69) is 38.2 Å². The number of unbranched alkanes of at least 4 members (excludes halogenated alkanes) is 23. The summed E-state index contributed by atoms with van der Waals surface area (Å²) in [7, 11) is 1.66. The first kappa shape index (κ1) is 52.0. The summed E-state index contributed by atoms with van der Waals surface area (Å²) in [5, 5.41) is 0. The zero-order valence-electron chi connectivity index (χ0n) is 35.5. The summed E-state index contributed by atoms with van der Waals surface area (Å²) in [5.74, 6) is -0.323. The number of esters is 1. The van der Waals surface area contributed by atoms with Crippen LogP contribution in [0.2, 0.25) is 0 Å². The van der Waals surface area contributed by atoms with Crippen molar-refractivity contribution in [2.75, 3.05) is 54.1 Å². The van der Waals surface area contributed by atoms with Crippen molar-refractivity contribution < 1.29 is 37.3 Å². The SMILES string of the molecule is CCCCCCCC/C=C\CCCCCCCCOC[C@@H](COP(=O)(O)OCC[N+](C)(C)C)OC(=O)CCCCCCC/C=C\CCCCCCCC. The largest absolute Gasteiger partial charge is 0.472 e. The number of ether oxygens (including phenoxy) is 2. The average Bonchev–Trinajstić information content (AvgIpc) is 3.11. The van der Waals surface area contributed by atoms with Gasteiger partial charge in [0.05, 0.1) is 34.4 Å². The van der Waals surface area contributed by atoms with Crippen molar-refractivity contribution in [3.05, 3.63) is 24.3 Å². The maximum Gasteiger partial charge on any atom is 0.472 e. The Balaban J connectivity index is 4.25. The van der Waals surface area contributed by atoms with Gasteiger partial charge in [0.1, 0.15) is 19.3 Å². The number of hydrogen-bond acceptors (Lipinski definition) is 6. The van der Waals surface area contributed by atoms with Crippen molar-refractivity contribution in [2.45, 2.75) is 200 Å². The second-order valence-electron chi connectivity index (χ2n) is 16.1. The number of hydrogen-bond donors (Lipinski definition) is 1.